The molecule has 0 unspecified atom stereocenters. The number of benzene rings is 3. The Bertz CT molecular complexity index is 2260. The zero-order chi connectivity index (χ0) is 44.9. The SMILES string of the molecule is CC(=O)O[C@H]1C(=O)[C@@]2(C)[C@@H]([C@@H](OC(C)=O)[C@@H]3CO[C@@H]3[C@@H]2O)[C@H](OC(=O)c2ccccc2)[C@]2(O)C[C@H](OC(=O)[C@H](O)[C@@H](NC(=O)c3ccccc3)c3ccccc3)C(C)=C1C2(C)C. The van der Waals surface area contributed by atoms with Gasteiger partial charge < -0.3 is 44.3 Å². The molecule has 7 rings (SSSR count). The molecular formula is C47H51NO14. The molecule has 0 spiro atoms. The van der Waals surface area contributed by atoms with Gasteiger partial charge in [-0.2, -0.15) is 0 Å². The number of rotatable bonds is 10. The lowest BCUT2D eigenvalue weighted by Crippen LogP contribution is -2.78. The van der Waals surface area contributed by atoms with Crippen molar-refractivity contribution in [2.24, 2.45) is 22.7 Å². The summed E-state index contributed by atoms with van der Waals surface area (Å²) in [5.41, 5.74) is -5.26. The van der Waals surface area contributed by atoms with Gasteiger partial charge in [0, 0.05) is 37.2 Å². The average molecular weight is 854 g/mol. The van der Waals surface area contributed by atoms with Gasteiger partial charge in [0.1, 0.15) is 23.9 Å². The van der Waals surface area contributed by atoms with E-state index in [4.69, 9.17) is 23.7 Å². The van der Waals surface area contributed by atoms with E-state index in [1.54, 1.807) is 92.7 Å². The van der Waals surface area contributed by atoms with E-state index >= 15 is 4.79 Å². The second kappa shape index (κ2) is 16.9. The van der Waals surface area contributed by atoms with Crippen molar-refractivity contribution < 1.29 is 67.8 Å². The normalized spacial score (nSPS) is 31.9. The molecule has 15 nitrogen and oxygen atoms in total. The second-order valence-electron chi connectivity index (χ2n) is 17.3. The number of esters is 4. The van der Waals surface area contributed by atoms with Gasteiger partial charge >= 0.3 is 23.9 Å². The molecule has 12 atom stereocenters. The van der Waals surface area contributed by atoms with Crippen molar-refractivity contribution in [1.82, 2.24) is 5.32 Å². The molecule has 3 aromatic carbocycles. The molecule has 3 aromatic rings. The van der Waals surface area contributed by atoms with Crippen LogP contribution in [0.3, 0.4) is 0 Å². The number of aliphatic hydroxyl groups excluding tert-OH is 2. The zero-order valence-electron chi connectivity index (χ0n) is 35.2. The fourth-order valence-electron chi connectivity index (χ4n) is 10.0. The number of Topliss-reactive ketones (excluding diaryl/α,β-unsaturated/α-hetero) is 1. The number of hydrogen-bond acceptors (Lipinski definition) is 14. The molecule has 1 heterocycles. The molecule has 4 aliphatic rings. The maximum atomic E-state index is 15.5. The van der Waals surface area contributed by atoms with Gasteiger partial charge in [-0.05, 0) is 54.8 Å². The fourth-order valence-corrected chi connectivity index (χ4v) is 10.0. The van der Waals surface area contributed by atoms with Crippen LogP contribution in [0.4, 0.5) is 0 Å². The first-order valence-corrected chi connectivity index (χ1v) is 20.5. The Morgan fingerprint density at radius 1 is 0.806 bits per heavy atom. The Morgan fingerprint density at radius 2 is 1.37 bits per heavy atom. The molecular weight excluding hydrogens is 803 g/mol. The number of aliphatic hydroxyl groups is 3. The van der Waals surface area contributed by atoms with E-state index in [-0.39, 0.29) is 28.9 Å². The number of hydrogen-bond donors (Lipinski definition) is 4. The largest absolute Gasteiger partial charge is 0.462 e. The van der Waals surface area contributed by atoms with E-state index in [0.717, 1.165) is 13.8 Å². The summed E-state index contributed by atoms with van der Waals surface area (Å²) in [5.74, 6) is -7.51. The monoisotopic (exact) mass is 853 g/mol. The summed E-state index contributed by atoms with van der Waals surface area (Å²) < 4.78 is 30.0. The van der Waals surface area contributed by atoms with Crippen molar-refractivity contribution in [2.75, 3.05) is 6.61 Å². The van der Waals surface area contributed by atoms with Crippen LogP contribution < -0.4 is 5.32 Å². The van der Waals surface area contributed by atoms with Crippen molar-refractivity contribution in [1.29, 1.82) is 0 Å². The Labute approximate surface area is 358 Å². The molecule has 15 heteroatoms. The molecule has 1 saturated heterocycles. The molecule has 2 bridgehead atoms. The van der Waals surface area contributed by atoms with Crippen LogP contribution >= 0.6 is 0 Å². The number of carbonyl (C=O) groups is 6. The number of nitrogens with one attached hydrogen (secondary N) is 1. The number of fused-ring (bicyclic) bond motifs is 4. The van der Waals surface area contributed by atoms with Gasteiger partial charge in [0.25, 0.3) is 5.91 Å². The number of carbonyl (C=O) groups excluding carboxylic acids is 6. The van der Waals surface area contributed by atoms with Crippen LogP contribution in [0.1, 0.15) is 80.3 Å². The minimum absolute atomic E-state index is 0.0101. The topological polar surface area (TPSA) is 221 Å². The second-order valence-corrected chi connectivity index (χ2v) is 17.3. The predicted octanol–water partition coefficient (Wildman–Crippen LogP) is 3.59. The van der Waals surface area contributed by atoms with Gasteiger partial charge in [-0.15, -0.1) is 0 Å². The minimum atomic E-state index is -2.37. The molecule has 3 fully saturated rings. The maximum Gasteiger partial charge on any atom is 0.338 e. The highest BCUT2D eigenvalue weighted by molar-refractivity contribution is 5.96. The molecule has 4 N–H and O–H groups in total. The Balaban J connectivity index is 1.38. The summed E-state index contributed by atoms with van der Waals surface area (Å²) in [6.45, 7) is 8.26. The van der Waals surface area contributed by atoms with Crippen LogP contribution in [0.5, 0.6) is 0 Å². The summed E-state index contributed by atoms with van der Waals surface area (Å²) in [5, 5.41) is 40.3. The van der Waals surface area contributed by atoms with Crippen molar-refractivity contribution in [3.8, 4) is 0 Å². The number of ether oxygens (including phenoxy) is 5. The lowest BCUT2D eigenvalue weighted by molar-refractivity contribution is -0.305. The Morgan fingerprint density at radius 3 is 1.92 bits per heavy atom. The minimum Gasteiger partial charge on any atom is -0.462 e. The van der Waals surface area contributed by atoms with Crippen molar-refractivity contribution in [3.63, 3.8) is 0 Å². The molecule has 1 amide bonds. The summed E-state index contributed by atoms with van der Waals surface area (Å²) in [6.07, 6.45) is -11.6. The highest BCUT2D eigenvalue weighted by Crippen LogP contribution is 2.62. The van der Waals surface area contributed by atoms with Gasteiger partial charge in [0.05, 0.1) is 41.8 Å². The fraction of sp³-hybridized carbons (Fsp3) is 0.447. The Kier molecular flexibility index (Phi) is 12.0. The quantitative estimate of drug-likeness (QED) is 0.130. The van der Waals surface area contributed by atoms with E-state index in [2.05, 4.69) is 5.32 Å². The Hall–Kier alpha value is -5.74. The van der Waals surface area contributed by atoms with E-state index < -0.39 is 119 Å². The third kappa shape index (κ3) is 7.50. The van der Waals surface area contributed by atoms with E-state index in [9.17, 15) is 39.3 Å². The summed E-state index contributed by atoms with van der Waals surface area (Å²) in [4.78, 5) is 83.3. The molecule has 0 aromatic heterocycles. The summed E-state index contributed by atoms with van der Waals surface area (Å²) in [6, 6.07) is 23.0. The van der Waals surface area contributed by atoms with Crippen LogP contribution in [0.15, 0.2) is 102 Å². The van der Waals surface area contributed by atoms with Crippen molar-refractivity contribution in [3.05, 3.63) is 119 Å². The number of amides is 1. The number of ketones is 1. The van der Waals surface area contributed by atoms with Crippen LogP contribution in [0.25, 0.3) is 0 Å². The van der Waals surface area contributed by atoms with Gasteiger partial charge in [-0.25, -0.2) is 9.59 Å². The van der Waals surface area contributed by atoms with Crippen molar-refractivity contribution >= 4 is 35.6 Å². The molecule has 62 heavy (non-hydrogen) atoms. The average Bonchev–Trinajstić information content (AvgIpc) is 3.22. The van der Waals surface area contributed by atoms with Crippen LogP contribution in [0, 0.1) is 22.7 Å². The van der Waals surface area contributed by atoms with E-state index in [1.165, 1.54) is 26.0 Å². The van der Waals surface area contributed by atoms with Gasteiger partial charge in [-0.1, -0.05) is 80.6 Å². The third-order valence-electron chi connectivity index (χ3n) is 13.4. The first kappa shape index (κ1) is 44.3. The highest BCUT2D eigenvalue weighted by atomic mass is 16.6. The smallest absolute Gasteiger partial charge is 0.338 e. The first-order valence-electron chi connectivity index (χ1n) is 20.5. The van der Waals surface area contributed by atoms with Gasteiger partial charge in [0.2, 0.25) is 0 Å². The summed E-state index contributed by atoms with van der Waals surface area (Å²) in [7, 11) is 0. The van der Waals surface area contributed by atoms with Gasteiger partial charge in [-0.3, -0.25) is 19.2 Å². The van der Waals surface area contributed by atoms with Crippen LogP contribution in [0.2, 0.25) is 0 Å². The first-order chi connectivity index (χ1) is 29.3. The molecule has 3 aliphatic carbocycles. The van der Waals surface area contributed by atoms with E-state index in [0.29, 0.717) is 5.56 Å². The lowest BCUT2D eigenvalue weighted by atomic mass is 9.46. The lowest BCUT2D eigenvalue weighted by Gasteiger charge is -2.64. The molecule has 328 valence electrons. The zero-order valence-corrected chi connectivity index (χ0v) is 35.2. The molecule has 0 radical (unpaired) electrons. The van der Waals surface area contributed by atoms with Crippen LogP contribution in [-0.4, -0.2) is 106 Å². The predicted molar refractivity (Wildman–Crippen MR) is 218 cm³/mol. The summed E-state index contributed by atoms with van der Waals surface area (Å²) >= 11 is 0. The maximum absolute atomic E-state index is 15.5. The third-order valence-corrected chi connectivity index (χ3v) is 13.4. The van der Waals surface area contributed by atoms with Gasteiger partial charge in [0.15, 0.2) is 18.0 Å². The standard InChI is InChI=1S/C47H51NO14/c1-24-31(61-44(56)35(51)34(27-16-10-7-11-17-27)48-42(54)28-18-12-8-13-19-28)22-47(57)41(62-43(55)29-20-14-9-15-21-29)33-36(59-25(2)49)30-23-58-37(30)39(52)46(33,6)40(53)38(60-26(3)50)32(24)45(47,4)5/h7-21,30-31,33-39,41,51-52,57H,22-23H2,1-6H3,(H,48,54)/t30-,31-,33-,34-,35+,36-,37-,38+,39-,41-,46-,47+/m0/s1. The molecule has 1 aliphatic heterocycles. The van der Waals surface area contributed by atoms with Crippen molar-refractivity contribution in [2.45, 2.75) is 102 Å². The van der Waals surface area contributed by atoms with Crippen LogP contribution in [-0.2, 0) is 42.9 Å². The molecule has 2 saturated carbocycles. The van der Waals surface area contributed by atoms with E-state index in [1.807, 2.05) is 0 Å². The highest BCUT2D eigenvalue weighted by Gasteiger charge is 2.75.